The van der Waals surface area contributed by atoms with Crippen molar-refractivity contribution in [3.8, 4) is 0 Å². The summed E-state index contributed by atoms with van der Waals surface area (Å²) in [6, 6.07) is 0. The molecule has 0 aromatic carbocycles. The van der Waals surface area contributed by atoms with E-state index in [1.54, 1.807) is 42.3 Å². The zero-order valence-electron chi connectivity index (χ0n) is 11.2. The molecule has 0 spiro atoms. The molecule has 6 nitrogen and oxygen atoms in total. The second-order valence-corrected chi connectivity index (χ2v) is 3.55. The first kappa shape index (κ1) is 19.9. The van der Waals surface area contributed by atoms with Crippen LogP contribution in [0.15, 0.2) is 0 Å². The molecule has 0 aliphatic rings. The lowest BCUT2D eigenvalue weighted by atomic mass is 10.7. The van der Waals surface area contributed by atoms with Crippen molar-refractivity contribution in [2.75, 3.05) is 42.3 Å². The van der Waals surface area contributed by atoms with Crippen LogP contribution in [0.25, 0.3) is 0 Å². The normalized spacial score (nSPS) is 7.19. The largest absolute Gasteiger partial charge is 0.351 e. The van der Waals surface area contributed by atoms with Crippen LogP contribution in [-0.2, 0) is 14.4 Å². The van der Waals surface area contributed by atoms with Gasteiger partial charge in [0.15, 0.2) is 0 Å². The molecule has 0 aromatic rings. The number of carbonyl (C=O) groups is 3. The van der Waals surface area contributed by atoms with Gasteiger partial charge in [-0.25, -0.2) is 0 Å². The molecule has 0 heterocycles. The Bertz CT molecular complexity index is 180. The monoisotopic (exact) mass is 233 g/mol. The van der Waals surface area contributed by atoms with Gasteiger partial charge in [-0.2, -0.15) is 0 Å². The van der Waals surface area contributed by atoms with Crippen molar-refractivity contribution >= 4 is 18.7 Å². The molecule has 0 saturated heterocycles. The maximum atomic E-state index is 10.1. The molecule has 0 bridgehead atoms. The smallest absolute Gasteiger partial charge is 0.218 e. The molecular weight excluding hydrogens is 210 g/mol. The van der Waals surface area contributed by atoms with Crippen molar-refractivity contribution in [2.45, 2.75) is 6.92 Å². The first-order chi connectivity index (χ1) is 7.18. The summed E-state index contributed by atoms with van der Waals surface area (Å²) >= 11 is 0. The maximum absolute atomic E-state index is 10.1. The molecule has 0 atom stereocenters. The van der Waals surface area contributed by atoms with Crippen LogP contribution in [0, 0.1) is 0 Å². The minimum absolute atomic E-state index is 0.0926. The van der Waals surface area contributed by atoms with Crippen molar-refractivity contribution in [1.29, 1.82) is 0 Å². The summed E-state index contributed by atoms with van der Waals surface area (Å²) in [4.78, 5) is 33.3. The summed E-state index contributed by atoms with van der Waals surface area (Å²) in [5, 5.41) is 0. The van der Waals surface area contributed by atoms with Gasteiger partial charge in [-0.1, -0.05) is 0 Å². The number of nitrogens with zero attached hydrogens (tertiary/aromatic N) is 3. The average molecular weight is 233 g/mol. The Morgan fingerprint density at radius 2 is 0.938 bits per heavy atom. The lowest BCUT2D eigenvalue weighted by Crippen LogP contribution is -2.17. The fraction of sp³-hybridized carbons (Fsp3) is 0.700. The van der Waals surface area contributed by atoms with Gasteiger partial charge < -0.3 is 14.7 Å². The van der Waals surface area contributed by atoms with Gasteiger partial charge in [0.2, 0.25) is 18.7 Å². The first-order valence-electron chi connectivity index (χ1n) is 4.60. The minimum atomic E-state index is 0.0926. The number of rotatable bonds is 2. The van der Waals surface area contributed by atoms with Gasteiger partial charge in [0.25, 0.3) is 0 Å². The second-order valence-electron chi connectivity index (χ2n) is 3.55. The van der Waals surface area contributed by atoms with E-state index in [9.17, 15) is 14.4 Å². The van der Waals surface area contributed by atoms with E-state index >= 15 is 0 Å². The van der Waals surface area contributed by atoms with Crippen molar-refractivity contribution in [3.63, 3.8) is 0 Å². The van der Waals surface area contributed by atoms with Crippen molar-refractivity contribution in [1.82, 2.24) is 14.7 Å². The van der Waals surface area contributed by atoms with Crippen LogP contribution in [0.1, 0.15) is 6.92 Å². The highest BCUT2D eigenvalue weighted by Gasteiger charge is 1.87. The number of hydrogen-bond donors (Lipinski definition) is 0. The molecule has 6 heteroatoms. The Kier molecular flexibility index (Phi) is 16.7. The summed E-state index contributed by atoms with van der Waals surface area (Å²) in [5.74, 6) is 0.0926. The van der Waals surface area contributed by atoms with Gasteiger partial charge in [-0.05, 0) is 0 Å². The van der Waals surface area contributed by atoms with Crippen molar-refractivity contribution in [2.24, 2.45) is 0 Å². The van der Waals surface area contributed by atoms with Gasteiger partial charge in [0, 0.05) is 49.2 Å². The van der Waals surface area contributed by atoms with E-state index in [2.05, 4.69) is 0 Å². The van der Waals surface area contributed by atoms with Crippen LogP contribution < -0.4 is 0 Å². The number of amides is 3. The van der Waals surface area contributed by atoms with Crippen LogP contribution in [-0.4, -0.2) is 75.7 Å². The molecule has 0 N–H and O–H groups in total. The fourth-order valence-corrected chi connectivity index (χ4v) is 0. The van der Waals surface area contributed by atoms with Crippen LogP contribution >= 0.6 is 0 Å². The standard InChI is InChI=1S/C4H9NO.2C3H7NO/c1-4(6)5(2)3;2*1-4(2)3-5/h1-3H3;2*3H,1-2H3. The first-order valence-corrected chi connectivity index (χ1v) is 4.60. The van der Waals surface area contributed by atoms with Gasteiger partial charge in [0.05, 0.1) is 0 Å². The van der Waals surface area contributed by atoms with E-state index in [0.29, 0.717) is 0 Å². The lowest BCUT2D eigenvalue weighted by Gasteiger charge is -2.02. The molecule has 3 amide bonds. The van der Waals surface area contributed by atoms with Gasteiger partial charge in [0.1, 0.15) is 0 Å². The summed E-state index contributed by atoms with van der Waals surface area (Å²) < 4.78 is 0. The molecule has 0 radical (unpaired) electrons. The van der Waals surface area contributed by atoms with Gasteiger partial charge >= 0.3 is 0 Å². The third-order valence-corrected chi connectivity index (χ3v) is 1.05. The Hall–Kier alpha value is -1.59. The van der Waals surface area contributed by atoms with Crippen molar-refractivity contribution < 1.29 is 14.4 Å². The summed E-state index contributed by atoms with van der Waals surface area (Å²) in [5.41, 5.74) is 0. The van der Waals surface area contributed by atoms with E-state index in [0.717, 1.165) is 12.8 Å². The Balaban J connectivity index is -0.000000160. The van der Waals surface area contributed by atoms with Crippen LogP contribution in [0.5, 0.6) is 0 Å². The van der Waals surface area contributed by atoms with Gasteiger partial charge in [-0.3, -0.25) is 14.4 Å². The Morgan fingerprint density at radius 1 is 0.812 bits per heavy atom. The Labute approximate surface area is 97.8 Å². The highest BCUT2D eigenvalue weighted by molar-refractivity contribution is 5.72. The molecule has 0 unspecified atom stereocenters. The molecular formula is C10H23N3O3. The van der Waals surface area contributed by atoms with E-state index in [1.165, 1.54) is 21.6 Å². The number of hydrogen-bond acceptors (Lipinski definition) is 3. The van der Waals surface area contributed by atoms with E-state index < -0.39 is 0 Å². The summed E-state index contributed by atoms with van der Waals surface area (Å²) in [6.07, 6.45) is 1.50. The predicted molar refractivity (Wildman–Crippen MR) is 63.9 cm³/mol. The second kappa shape index (κ2) is 13.4. The highest BCUT2D eigenvalue weighted by Crippen LogP contribution is 1.69. The Morgan fingerprint density at radius 3 is 0.938 bits per heavy atom. The summed E-state index contributed by atoms with van der Waals surface area (Å²) in [7, 11) is 10.2. The molecule has 0 fully saturated rings. The third-order valence-electron chi connectivity index (χ3n) is 1.05. The van der Waals surface area contributed by atoms with E-state index in [4.69, 9.17) is 0 Å². The van der Waals surface area contributed by atoms with E-state index in [-0.39, 0.29) is 5.91 Å². The molecule has 96 valence electrons. The molecule has 0 aliphatic carbocycles. The number of carbonyl (C=O) groups excluding carboxylic acids is 3. The SMILES string of the molecule is CC(=O)N(C)C.CN(C)C=O.CN(C)C=O. The van der Waals surface area contributed by atoms with Crippen molar-refractivity contribution in [3.05, 3.63) is 0 Å². The fourth-order valence-electron chi connectivity index (χ4n) is 0. The third kappa shape index (κ3) is 39.3. The highest BCUT2D eigenvalue weighted by atomic mass is 16.2. The quantitative estimate of drug-likeness (QED) is 0.604. The predicted octanol–water partition coefficient (Wildman–Crippen LogP) is -0.497. The van der Waals surface area contributed by atoms with Crippen LogP contribution in [0.3, 0.4) is 0 Å². The zero-order valence-corrected chi connectivity index (χ0v) is 11.2. The lowest BCUT2D eigenvalue weighted by molar-refractivity contribution is -0.126. The van der Waals surface area contributed by atoms with Crippen LogP contribution in [0.2, 0.25) is 0 Å². The van der Waals surface area contributed by atoms with E-state index in [1.807, 2.05) is 0 Å². The topological polar surface area (TPSA) is 60.9 Å². The molecule has 0 aromatic heterocycles. The minimum Gasteiger partial charge on any atom is -0.351 e. The molecule has 0 rings (SSSR count). The molecule has 0 saturated carbocycles. The maximum Gasteiger partial charge on any atom is 0.218 e. The molecule has 16 heavy (non-hydrogen) atoms. The van der Waals surface area contributed by atoms with Gasteiger partial charge in [-0.15, -0.1) is 0 Å². The average Bonchev–Trinajstić information content (AvgIpc) is 2.19. The molecule has 0 aliphatic heterocycles. The van der Waals surface area contributed by atoms with Crippen LogP contribution in [0.4, 0.5) is 0 Å². The summed E-state index contributed by atoms with van der Waals surface area (Å²) in [6.45, 7) is 1.53. The zero-order chi connectivity index (χ0) is 13.7.